The van der Waals surface area contributed by atoms with Gasteiger partial charge < -0.3 is 15.0 Å². The predicted octanol–water partition coefficient (Wildman–Crippen LogP) is 4.47. The van der Waals surface area contributed by atoms with Crippen LogP contribution in [0.1, 0.15) is 27.0 Å². The lowest BCUT2D eigenvalue weighted by Gasteiger charge is -2.34. The Morgan fingerprint density at radius 2 is 1.63 bits per heavy atom. The second kappa shape index (κ2) is 10.7. The number of rotatable bonds is 6. The summed E-state index contributed by atoms with van der Waals surface area (Å²) in [5.74, 6) is -0.153. The molecule has 0 radical (unpaired) electrons. The maximum atomic E-state index is 13.8. The van der Waals surface area contributed by atoms with Crippen LogP contribution in [0.3, 0.4) is 0 Å². The predicted molar refractivity (Wildman–Crippen MR) is 157 cm³/mol. The Morgan fingerprint density at radius 1 is 0.902 bits per heavy atom. The van der Waals surface area contributed by atoms with Gasteiger partial charge in [-0.05, 0) is 66.9 Å². The second-order valence-corrected chi connectivity index (χ2v) is 12.0. The fourth-order valence-corrected chi connectivity index (χ4v) is 6.71. The maximum Gasteiger partial charge on any atom is 0.264 e. The maximum absolute atomic E-state index is 13.8. The zero-order chi connectivity index (χ0) is 28.6. The fraction of sp³-hybridized carbons (Fsp3) is 0.188. The van der Waals surface area contributed by atoms with Gasteiger partial charge in [0.25, 0.3) is 21.8 Å². The highest BCUT2D eigenvalue weighted by molar-refractivity contribution is 7.92. The van der Waals surface area contributed by atoms with Crippen LogP contribution in [-0.2, 0) is 27.8 Å². The van der Waals surface area contributed by atoms with E-state index in [0.717, 1.165) is 16.7 Å². The highest BCUT2D eigenvalue weighted by Gasteiger charge is 2.36. The number of para-hydroxylation sites is 2. The largest absolute Gasteiger partial charge is 0.477 e. The molecule has 6 rings (SSSR count). The second-order valence-electron chi connectivity index (χ2n) is 10.2. The van der Waals surface area contributed by atoms with Crippen LogP contribution in [0.25, 0.3) is 0 Å². The number of hydrogen-bond acceptors (Lipinski definition) is 5. The third-order valence-electron chi connectivity index (χ3n) is 7.41. The van der Waals surface area contributed by atoms with Gasteiger partial charge in [-0.25, -0.2) is 8.42 Å². The minimum Gasteiger partial charge on any atom is -0.477 e. The molecule has 1 unspecified atom stereocenters. The summed E-state index contributed by atoms with van der Waals surface area (Å²) in [6.45, 7) is 2.60. The van der Waals surface area contributed by atoms with Crippen LogP contribution < -0.4 is 19.3 Å². The number of aryl methyl sites for hydroxylation is 1. The van der Waals surface area contributed by atoms with Gasteiger partial charge in [0.1, 0.15) is 5.75 Å². The monoisotopic (exact) mass is 567 g/mol. The first kappa shape index (κ1) is 26.6. The molecule has 2 amide bonds. The number of carbonyl (C=O) groups is 2. The van der Waals surface area contributed by atoms with Crippen molar-refractivity contribution >= 4 is 33.2 Å². The van der Waals surface area contributed by atoms with Gasteiger partial charge in [-0.1, -0.05) is 60.2 Å². The molecule has 0 spiro atoms. The van der Waals surface area contributed by atoms with Gasteiger partial charge in [0.15, 0.2) is 6.10 Å². The zero-order valence-corrected chi connectivity index (χ0v) is 23.3. The molecule has 8 nitrogen and oxygen atoms in total. The average Bonchev–Trinajstić information content (AvgIpc) is 3.44. The van der Waals surface area contributed by atoms with Crippen molar-refractivity contribution in [1.29, 1.82) is 0 Å². The molecule has 2 aliphatic rings. The number of sulfonamides is 1. The van der Waals surface area contributed by atoms with Crippen molar-refractivity contribution in [2.75, 3.05) is 22.3 Å². The molecular weight excluding hydrogens is 538 g/mol. The Kier molecular flexibility index (Phi) is 6.96. The molecule has 4 aromatic carbocycles. The first-order valence-corrected chi connectivity index (χ1v) is 14.9. The lowest BCUT2D eigenvalue weighted by Crippen LogP contribution is -2.50. The topological polar surface area (TPSA) is 96.0 Å². The Hall–Kier alpha value is -4.63. The van der Waals surface area contributed by atoms with Gasteiger partial charge in [0, 0.05) is 18.7 Å². The van der Waals surface area contributed by atoms with E-state index in [2.05, 4.69) is 5.32 Å². The van der Waals surface area contributed by atoms with Crippen molar-refractivity contribution in [3.8, 4) is 5.75 Å². The highest BCUT2D eigenvalue weighted by Crippen LogP contribution is 2.37. The summed E-state index contributed by atoms with van der Waals surface area (Å²) in [4.78, 5) is 28.7. The van der Waals surface area contributed by atoms with E-state index in [9.17, 15) is 18.0 Å². The Labute approximate surface area is 239 Å². The molecule has 9 heteroatoms. The Bertz CT molecular complexity index is 1720. The molecule has 1 N–H and O–H groups in total. The molecule has 208 valence electrons. The van der Waals surface area contributed by atoms with E-state index in [0.29, 0.717) is 42.2 Å². The molecule has 4 aromatic rings. The summed E-state index contributed by atoms with van der Waals surface area (Å²) in [5.41, 5.74) is 4.29. The van der Waals surface area contributed by atoms with Crippen LogP contribution in [0.15, 0.2) is 102 Å². The summed E-state index contributed by atoms with van der Waals surface area (Å²) in [7, 11) is -3.73. The van der Waals surface area contributed by atoms with Crippen molar-refractivity contribution in [3.05, 3.63) is 119 Å². The van der Waals surface area contributed by atoms with Crippen LogP contribution in [0, 0.1) is 6.92 Å². The minimum atomic E-state index is -3.73. The molecule has 0 aliphatic carbocycles. The van der Waals surface area contributed by atoms with Crippen LogP contribution in [-0.4, -0.2) is 39.4 Å². The molecule has 0 saturated heterocycles. The first-order chi connectivity index (χ1) is 19.8. The molecule has 0 saturated carbocycles. The fourth-order valence-electron chi connectivity index (χ4n) is 5.21. The smallest absolute Gasteiger partial charge is 0.264 e. The van der Waals surface area contributed by atoms with Crippen molar-refractivity contribution in [1.82, 2.24) is 5.32 Å². The number of anilines is 2. The molecule has 2 heterocycles. The quantitative estimate of drug-likeness (QED) is 0.371. The van der Waals surface area contributed by atoms with Crippen LogP contribution in [0.2, 0.25) is 0 Å². The number of benzene rings is 4. The molecule has 0 fully saturated rings. The van der Waals surface area contributed by atoms with Gasteiger partial charge >= 0.3 is 0 Å². The van der Waals surface area contributed by atoms with Crippen molar-refractivity contribution in [3.63, 3.8) is 0 Å². The summed E-state index contributed by atoms with van der Waals surface area (Å²) in [6.07, 6.45) is -0.395. The van der Waals surface area contributed by atoms with Gasteiger partial charge in [0.2, 0.25) is 0 Å². The van der Waals surface area contributed by atoms with E-state index in [1.165, 1.54) is 4.31 Å². The molecule has 0 bridgehead atoms. The third kappa shape index (κ3) is 5.16. The van der Waals surface area contributed by atoms with Gasteiger partial charge in [-0.3, -0.25) is 13.9 Å². The Balaban J connectivity index is 1.24. The first-order valence-electron chi connectivity index (χ1n) is 13.4. The van der Waals surface area contributed by atoms with Crippen molar-refractivity contribution in [2.45, 2.75) is 30.9 Å². The standard InChI is InChI=1S/C32H29N3O5S/c1-22-11-14-26(15-12-22)41(38,39)35-18-17-24-19-25(13-16-27(24)35)32(37)34-21-30(40-29-10-6-5-9-28(29)34)31(36)33-20-23-7-3-2-4-8-23/h2-16,19,30H,17-18,20-21H2,1H3,(H,33,36). The van der Waals surface area contributed by atoms with Crippen LogP contribution in [0.5, 0.6) is 5.75 Å². The van der Waals surface area contributed by atoms with E-state index < -0.39 is 16.1 Å². The van der Waals surface area contributed by atoms with Crippen molar-refractivity contribution in [2.24, 2.45) is 0 Å². The zero-order valence-electron chi connectivity index (χ0n) is 22.5. The number of hydrogen-bond donors (Lipinski definition) is 1. The molecular formula is C32H29N3O5S. The summed E-state index contributed by atoms with van der Waals surface area (Å²) >= 11 is 0. The highest BCUT2D eigenvalue weighted by atomic mass is 32.2. The van der Waals surface area contributed by atoms with E-state index in [-0.39, 0.29) is 23.3 Å². The normalized spacial score (nSPS) is 16.0. The van der Waals surface area contributed by atoms with Gasteiger partial charge in [-0.15, -0.1) is 0 Å². The van der Waals surface area contributed by atoms with Crippen LogP contribution >= 0.6 is 0 Å². The van der Waals surface area contributed by atoms with Gasteiger partial charge in [0.05, 0.1) is 22.8 Å². The van der Waals surface area contributed by atoms with Crippen LogP contribution in [0.4, 0.5) is 11.4 Å². The van der Waals surface area contributed by atoms with Crippen molar-refractivity contribution < 1.29 is 22.7 Å². The molecule has 1 atom stereocenters. The van der Waals surface area contributed by atoms with Gasteiger partial charge in [-0.2, -0.15) is 0 Å². The average molecular weight is 568 g/mol. The van der Waals surface area contributed by atoms with E-state index in [1.807, 2.05) is 43.3 Å². The third-order valence-corrected chi connectivity index (χ3v) is 9.24. The summed E-state index contributed by atoms with van der Waals surface area (Å²) in [6, 6.07) is 28.6. The number of nitrogens with one attached hydrogen (secondary N) is 1. The molecule has 0 aromatic heterocycles. The lowest BCUT2D eigenvalue weighted by molar-refractivity contribution is -0.128. The minimum absolute atomic E-state index is 0.0431. The van der Waals surface area contributed by atoms with E-state index >= 15 is 0 Å². The number of nitrogens with zero attached hydrogens (tertiary/aromatic N) is 2. The number of fused-ring (bicyclic) bond motifs is 2. The number of ether oxygens (including phenoxy) is 1. The lowest BCUT2D eigenvalue weighted by atomic mass is 10.1. The molecule has 41 heavy (non-hydrogen) atoms. The number of carbonyl (C=O) groups excluding carboxylic acids is 2. The Morgan fingerprint density at radius 3 is 2.41 bits per heavy atom. The summed E-state index contributed by atoms with van der Waals surface area (Å²) < 4.78 is 34.1. The van der Waals surface area contributed by atoms with E-state index in [1.54, 1.807) is 65.6 Å². The summed E-state index contributed by atoms with van der Waals surface area (Å²) in [5, 5.41) is 2.90. The SMILES string of the molecule is Cc1ccc(S(=O)(=O)N2CCc3cc(C(=O)N4CC(C(=O)NCc5ccccc5)Oc5ccccc54)ccc32)cc1. The van der Waals surface area contributed by atoms with E-state index in [4.69, 9.17) is 4.74 Å². The molecule has 2 aliphatic heterocycles. The number of amides is 2.